The molecule has 3 aromatic rings. The summed E-state index contributed by atoms with van der Waals surface area (Å²) in [6, 6.07) is 15.8. The zero-order valence-electron chi connectivity index (χ0n) is 16.7. The number of aromatic nitrogens is 1. The molecule has 0 aliphatic carbocycles. The fourth-order valence-electron chi connectivity index (χ4n) is 3.86. The van der Waals surface area contributed by atoms with Gasteiger partial charge >= 0.3 is 0 Å². The summed E-state index contributed by atoms with van der Waals surface area (Å²) in [5.74, 6) is -0.00250. The molecule has 4 rings (SSSR count). The number of carbonyl (C=O) groups excluding carboxylic acids is 2. The molecule has 7 heteroatoms. The van der Waals surface area contributed by atoms with Gasteiger partial charge in [-0.3, -0.25) is 9.59 Å². The predicted octanol–water partition coefficient (Wildman–Crippen LogP) is 3.22. The van der Waals surface area contributed by atoms with Crippen LogP contribution in [0.2, 0.25) is 5.02 Å². The minimum absolute atomic E-state index is 0.0877. The van der Waals surface area contributed by atoms with E-state index >= 15 is 0 Å². The minimum atomic E-state index is -0.0902. The van der Waals surface area contributed by atoms with E-state index in [1.165, 1.54) is 5.69 Å². The average Bonchev–Trinajstić information content (AvgIpc) is 3.16. The number of anilines is 1. The van der Waals surface area contributed by atoms with Crippen molar-refractivity contribution >= 4 is 40.0 Å². The molecule has 0 radical (unpaired) electrons. The number of piperazine rings is 1. The molecule has 1 aliphatic heterocycles. The van der Waals surface area contributed by atoms with E-state index in [1.807, 2.05) is 47.5 Å². The number of amides is 2. The van der Waals surface area contributed by atoms with Crippen LogP contribution in [0.3, 0.4) is 0 Å². The lowest BCUT2D eigenvalue weighted by Crippen LogP contribution is -2.49. The Labute approximate surface area is 180 Å². The molecule has 1 fully saturated rings. The van der Waals surface area contributed by atoms with E-state index in [1.54, 1.807) is 0 Å². The molecule has 1 aliphatic rings. The summed E-state index contributed by atoms with van der Waals surface area (Å²) in [6.45, 7) is 3.42. The fraction of sp³-hybridized carbons (Fsp3) is 0.304. The average molecular weight is 425 g/mol. The van der Waals surface area contributed by atoms with Crippen molar-refractivity contribution in [2.75, 3.05) is 37.6 Å². The number of carbonyl (C=O) groups is 2. The van der Waals surface area contributed by atoms with Crippen molar-refractivity contribution < 1.29 is 9.59 Å². The number of H-pyrrole nitrogens is 1. The second kappa shape index (κ2) is 9.22. The molecule has 1 saturated heterocycles. The van der Waals surface area contributed by atoms with Crippen molar-refractivity contribution in [3.05, 3.63) is 65.3 Å². The summed E-state index contributed by atoms with van der Waals surface area (Å²) >= 11 is 6.00. The maximum atomic E-state index is 12.5. The van der Waals surface area contributed by atoms with Gasteiger partial charge in [-0.25, -0.2) is 0 Å². The van der Waals surface area contributed by atoms with Gasteiger partial charge in [0.15, 0.2) is 0 Å². The van der Waals surface area contributed by atoms with E-state index in [0.29, 0.717) is 31.1 Å². The van der Waals surface area contributed by atoms with E-state index in [0.717, 1.165) is 29.6 Å². The Hall–Kier alpha value is -2.99. The topological polar surface area (TPSA) is 68.4 Å². The Morgan fingerprint density at radius 2 is 1.80 bits per heavy atom. The standard InChI is InChI=1S/C23H25ClN4O2/c24-18-6-7-20-17(16-26-21(20)15-18)14-22(29)25-9-8-23(30)28-12-10-27(11-13-28)19-4-2-1-3-5-19/h1-7,15-16,26H,8-14H2,(H,25,29). The summed E-state index contributed by atoms with van der Waals surface area (Å²) in [5, 5.41) is 4.51. The van der Waals surface area contributed by atoms with Gasteiger partial charge in [0.2, 0.25) is 11.8 Å². The number of nitrogens with zero attached hydrogens (tertiary/aromatic N) is 2. The van der Waals surface area contributed by atoms with Crippen LogP contribution < -0.4 is 10.2 Å². The summed E-state index contributed by atoms with van der Waals surface area (Å²) in [7, 11) is 0. The minimum Gasteiger partial charge on any atom is -0.368 e. The number of hydrogen-bond donors (Lipinski definition) is 2. The fourth-order valence-corrected chi connectivity index (χ4v) is 4.03. The van der Waals surface area contributed by atoms with Gasteiger partial charge in [-0.2, -0.15) is 0 Å². The molecule has 2 amide bonds. The van der Waals surface area contributed by atoms with E-state index in [4.69, 9.17) is 11.6 Å². The second-order valence-corrected chi connectivity index (χ2v) is 7.92. The maximum absolute atomic E-state index is 12.5. The van der Waals surface area contributed by atoms with Gasteiger partial charge in [0, 0.05) is 67.0 Å². The molecular weight excluding hydrogens is 400 g/mol. The van der Waals surface area contributed by atoms with Crippen molar-refractivity contribution in [3.8, 4) is 0 Å². The van der Waals surface area contributed by atoms with Crippen molar-refractivity contribution in [3.63, 3.8) is 0 Å². The predicted molar refractivity (Wildman–Crippen MR) is 120 cm³/mol. The second-order valence-electron chi connectivity index (χ2n) is 7.48. The van der Waals surface area contributed by atoms with Gasteiger partial charge in [0.25, 0.3) is 0 Å². The number of halogens is 1. The Morgan fingerprint density at radius 1 is 1.03 bits per heavy atom. The van der Waals surface area contributed by atoms with Gasteiger partial charge in [-0.05, 0) is 29.8 Å². The van der Waals surface area contributed by atoms with Crippen molar-refractivity contribution in [1.82, 2.24) is 15.2 Å². The van der Waals surface area contributed by atoms with Gasteiger partial charge < -0.3 is 20.1 Å². The number of aromatic amines is 1. The highest BCUT2D eigenvalue weighted by Gasteiger charge is 2.21. The Morgan fingerprint density at radius 3 is 2.57 bits per heavy atom. The molecule has 0 spiro atoms. The number of fused-ring (bicyclic) bond motifs is 1. The van der Waals surface area contributed by atoms with Crippen LogP contribution >= 0.6 is 11.6 Å². The third kappa shape index (κ3) is 4.76. The van der Waals surface area contributed by atoms with Crippen LogP contribution in [-0.4, -0.2) is 54.4 Å². The molecule has 0 unspecified atom stereocenters. The molecule has 0 saturated carbocycles. The largest absolute Gasteiger partial charge is 0.368 e. The first-order valence-electron chi connectivity index (χ1n) is 10.2. The van der Waals surface area contributed by atoms with Crippen LogP contribution in [0.1, 0.15) is 12.0 Å². The maximum Gasteiger partial charge on any atom is 0.224 e. The van der Waals surface area contributed by atoms with Crippen molar-refractivity contribution in [1.29, 1.82) is 0 Å². The first-order valence-corrected chi connectivity index (χ1v) is 10.6. The zero-order chi connectivity index (χ0) is 20.9. The number of benzene rings is 2. The Balaban J connectivity index is 1.20. The summed E-state index contributed by atoms with van der Waals surface area (Å²) in [6.07, 6.45) is 2.42. The first-order chi connectivity index (χ1) is 14.6. The van der Waals surface area contributed by atoms with Gasteiger partial charge in [-0.1, -0.05) is 35.9 Å². The van der Waals surface area contributed by atoms with Gasteiger partial charge in [0.05, 0.1) is 6.42 Å². The molecule has 2 aromatic carbocycles. The molecule has 0 bridgehead atoms. The summed E-state index contributed by atoms with van der Waals surface area (Å²) < 4.78 is 0. The number of rotatable bonds is 6. The third-order valence-corrected chi connectivity index (χ3v) is 5.73. The summed E-state index contributed by atoms with van der Waals surface area (Å²) in [5.41, 5.74) is 3.02. The zero-order valence-corrected chi connectivity index (χ0v) is 17.5. The quantitative estimate of drug-likeness (QED) is 0.638. The van der Waals surface area contributed by atoms with Crippen molar-refractivity contribution in [2.45, 2.75) is 12.8 Å². The van der Waals surface area contributed by atoms with Crippen LogP contribution in [0.4, 0.5) is 5.69 Å². The highest BCUT2D eigenvalue weighted by molar-refractivity contribution is 6.31. The lowest BCUT2D eigenvalue weighted by atomic mass is 10.1. The van der Waals surface area contributed by atoms with Gasteiger partial charge in [0.1, 0.15) is 0 Å². The number of hydrogen-bond acceptors (Lipinski definition) is 3. The Bertz CT molecular complexity index is 1030. The highest BCUT2D eigenvalue weighted by Crippen LogP contribution is 2.22. The van der Waals surface area contributed by atoms with Crippen molar-refractivity contribution in [2.24, 2.45) is 0 Å². The molecule has 156 valence electrons. The molecule has 6 nitrogen and oxygen atoms in total. The third-order valence-electron chi connectivity index (χ3n) is 5.50. The number of nitrogens with one attached hydrogen (secondary N) is 2. The molecule has 0 atom stereocenters. The van der Waals surface area contributed by atoms with Gasteiger partial charge in [-0.15, -0.1) is 0 Å². The highest BCUT2D eigenvalue weighted by atomic mass is 35.5. The molecule has 30 heavy (non-hydrogen) atoms. The lowest BCUT2D eigenvalue weighted by molar-refractivity contribution is -0.131. The van der Waals surface area contributed by atoms with E-state index in [-0.39, 0.29) is 18.2 Å². The van der Waals surface area contributed by atoms with E-state index < -0.39 is 0 Å². The van der Waals surface area contributed by atoms with Crippen LogP contribution in [0.25, 0.3) is 10.9 Å². The molecule has 1 aromatic heterocycles. The van der Waals surface area contributed by atoms with E-state index in [2.05, 4.69) is 27.3 Å². The molecule has 2 heterocycles. The molecule has 2 N–H and O–H groups in total. The van der Waals surface area contributed by atoms with Crippen LogP contribution in [0.15, 0.2) is 54.7 Å². The lowest BCUT2D eigenvalue weighted by Gasteiger charge is -2.36. The normalized spacial score (nSPS) is 14.2. The monoisotopic (exact) mass is 424 g/mol. The first kappa shape index (κ1) is 20.3. The summed E-state index contributed by atoms with van der Waals surface area (Å²) in [4.78, 5) is 32.1. The van der Waals surface area contributed by atoms with Crippen LogP contribution in [0.5, 0.6) is 0 Å². The smallest absolute Gasteiger partial charge is 0.224 e. The van der Waals surface area contributed by atoms with Crippen LogP contribution in [-0.2, 0) is 16.0 Å². The van der Waals surface area contributed by atoms with E-state index in [9.17, 15) is 9.59 Å². The SMILES string of the molecule is O=C(Cc1c[nH]c2cc(Cl)ccc12)NCCC(=O)N1CCN(c2ccccc2)CC1. The Kier molecular flexibility index (Phi) is 6.23. The molecular formula is C23H25ClN4O2. The number of para-hydroxylation sites is 1. The van der Waals surface area contributed by atoms with Crippen LogP contribution in [0, 0.1) is 0 Å².